The second-order valence-electron chi connectivity index (χ2n) is 5.97. The zero-order valence-corrected chi connectivity index (χ0v) is 18.8. The molecule has 3 rings (SSSR count). The number of anilines is 3. The van der Waals surface area contributed by atoms with Crippen molar-refractivity contribution in [2.75, 3.05) is 29.6 Å². The van der Waals surface area contributed by atoms with Crippen LogP contribution in [0.4, 0.5) is 17.3 Å². The summed E-state index contributed by atoms with van der Waals surface area (Å²) in [6, 6.07) is 10.9. The number of aromatic nitrogens is 2. The van der Waals surface area contributed by atoms with Gasteiger partial charge in [-0.1, -0.05) is 11.6 Å². The quantitative estimate of drug-likeness (QED) is 0.435. The van der Waals surface area contributed by atoms with E-state index in [1.807, 2.05) is 0 Å². The molecule has 0 spiro atoms. The van der Waals surface area contributed by atoms with E-state index >= 15 is 0 Å². The molecule has 0 unspecified atom stereocenters. The Balaban J connectivity index is 1.69. The third-order valence-corrected chi connectivity index (χ3v) is 5.78. The molecule has 0 amide bonds. The highest BCUT2D eigenvalue weighted by molar-refractivity contribution is 7.92. The van der Waals surface area contributed by atoms with Crippen molar-refractivity contribution in [3.63, 3.8) is 0 Å². The summed E-state index contributed by atoms with van der Waals surface area (Å²) in [7, 11) is -0.812. The van der Waals surface area contributed by atoms with E-state index in [-0.39, 0.29) is 16.0 Å². The fraction of sp³-hybridized carbons (Fsp3) is 0.105. The lowest BCUT2D eigenvalue weighted by Crippen LogP contribution is -2.20. The Kier molecular flexibility index (Phi) is 7.10. The van der Waals surface area contributed by atoms with Crippen molar-refractivity contribution in [1.29, 1.82) is 0 Å². The molecule has 0 aliphatic carbocycles. The van der Waals surface area contributed by atoms with Gasteiger partial charge in [0.2, 0.25) is 5.95 Å². The molecule has 0 fully saturated rings. The van der Waals surface area contributed by atoms with E-state index in [2.05, 4.69) is 25.3 Å². The largest absolute Gasteiger partial charge is 0.495 e. The Labute approximate surface area is 189 Å². The molecule has 1 heterocycles. The van der Waals surface area contributed by atoms with E-state index in [4.69, 9.17) is 33.3 Å². The topological polar surface area (TPSA) is 114 Å². The maximum Gasteiger partial charge on any atom is 0.264 e. The molecule has 3 N–H and O–H groups in total. The molecule has 162 valence electrons. The Morgan fingerprint density at radius 1 is 1.00 bits per heavy atom. The van der Waals surface area contributed by atoms with Gasteiger partial charge in [-0.3, -0.25) is 0 Å². The van der Waals surface area contributed by atoms with Crippen molar-refractivity contribution in [3.8, 4) is 11.5 Å². The maximum absolute atomic E-state index is 12.4. The van der Waals surface area contributed by atoms with E-state index in [9.17, 15) is 8.42 Å². The van der Waals surface area contributed by atoms with E-state index in [0.29, 0.717) is 27.9 Å². The zero-order chi connectivity index (χ0) is 22.4. The molecule has 3 aromatic rings. The van der Waals surface area contributed by atoms with Gasteiger partial charge in [0.15, 0.2) is 5.11 Å². The van der Waals surface area contributed by atoms with Gasteiger partial charge in [-0.25, -0.2) is 23.1 Å². The van der Waals surface area contributed by atoms with Crippen LogP contribution in [0.5, 0.6) is 11.5 Å². The van der Waals surface area contributed by atoms with Crippen LogP contribution in [0.1, 0.15) is 0 Å². The smallest absolute Gasteiger partial charge is 0.264 e. The fourth-order valence-electron chi connectivity index (χ4n) is 2.49. The van der Waals surface area contributed by atoms with E-state index < -0.39 is 10.0 Å². The third kappa shape index (κ3) is 5.72. The molecular weight excluding hydrogens is 462 g/mol. The molecule has 1 aromatic heterocycles. The Hall–Kier alpha value is -3.15. The third-order valence-electron chi connectivity index (χ3n) is 3.94. The number of nitrogens with one attached hydrogen (secondary N) is 3. The Bertz CT molecular complexity index is 1180. The molecule has 0 aliphatic rings. The number of nitrogens with zero attached hydrogens (tertiary/aromatic N) is 2. The van der Waals surface area contributed by atoms with Crippen LogP contribution in [0.2, 0.25) is 5.02 Å². The number of methoxy groups -OCH3 is 2. The summed E-state index contributed by atoms with van der Waals surface area (Å²) in [6.07, 6.45) is 2.88. The van der Waals surface area contributed by atoms with Crippen LogP contribution in [0.3, 0.4) is 0 Å². The fourth-order valence-corrected chi connectivity index (χ4v) is 3.91. The van der Waals surface area contributed by atoms with Crippen molar-refractivity contribution in [2.45, 2.75) is 4.90 Å². The maximum atomic E-state index is 12.4. The number of hydrogen-bond acceptors (Lipinski definition) is 7. The standard InChI is InChI=1S/C19H18ClN5O4S2/c1-28-16-11-15(17(29-2)10-14(16)20)24-19(30)23-12-4-6-13(7-5-12)31(26,27)25-18-21-8-3-9-22-18/h3-11H,1-2H3,(H,21,22,25)(H2,23,24,30). The van der Waals surface area contributed by atoms with Gasteiger partial charge in [0.25, 0.3) is 10.0 Å². The van der Waals surface area contributed by atoms with Crippen LogP contribution in [-0.4, -0.2) is 37.7 Å². The van der Waals surface area contributed by atoms with Crippen LogP contribution < -0.4 is 24.8 Å². The van der Waals surface area contributed by atoms with Crippen LogP contribution in [-0.2, 0) is 10.0 Å². The van der Waals surface area contributed by atoms with Crippen LogP contribution in [0, 0.1) is 0 Å². The molecule has 0 bridgehead atoms. The molecule has 31 heavy (non-hydrogen) atoms. The number of halogens is 1. The SMILES string of the molecule is COc1cc(NC(=S)Nc2ccc(S(=O)(=O)Nc3ncccn3)cc2)c(OC)cc1Cl. The molecule has 0 aliphatic heterocycles. The van der Waals surface area contributed by atoms with Crippen molar-refractivity contribution in [1.82, 2.24) is 9.97 Å². The normalized spacial score (nSPS) is 10.8. The predicted octanol–water partition coefficient (Wildman–Crippen LogP) is 3.76. The van der Waals surface area contributed by atoms with Gasteiger partial charge in [0.1, 0.15) is 11.5 Å². The van der Waals surface area contributed by atoms with Crippen molar-refractivity contribution < 1.29 is 17.9 Å². The molecule has 0 saturated carbocycles. The summed E-state index contributed by atoms with van der Waals surface area (Å²) >= 11 is 11.4. The number of rotatable bonds is 7. The lowest BCUT2D eigenvalue weighted by molar-refractivity contribution is 0.405. The highest BCUT2D eigenvalue weighted by atomic mass is 35.5. The molecule has 9 nitrogen and oxygen atoms in total. The molecule has 2 aromatic carbocycles. The summed E-state index contributed by atoms with van der Waals surface area (Å²) in [5, 5.41) is 6.63. The number of ether oxygens (including phenoxy) is 2. The lowest BCUT2D eigenvalue weighted by Gasteiger charge is -2.15. The molecule has 0 atom stereocenters. The molecule has 12 heteroatoms. The van der Waals surface area contributed by atoms with Crippen molar-refractivity contribution in [2.24, 2.45) is 0 Å². The van der Waals surface area contributed by atoms with Gasteiger partial charge in [0, 0.05) is 30.2 Å². The minimum atomic E-state index is -3.82. The first-order chi connectivity index (χ1) is 14.8. The van der Waals surface area contributed by atoms with E-state index in [0.717, 1.165) is 0 Å². The second-order valence-corrected chi connectivity index (χ2v) is 8.47. The highest BCUT2D eigenvalue weighted by Gasteiger charge is 2.16. The molecule has 0 radical (unpaired) electrons. The molecule has 0 saturated heterocycles. The summed E-state index contributed by atoms with van der Waals surface area (Å²) < 4.78 is 37.7. The number of hydrogen-bond donors (Lipinski definition) is 3. The number of benzene rings is 2. The first-order valence-corrected chi connectivity index (χ1v) is 11.0. The van der Waals surface area contributed by atoms with Crippen molar-refractivity contribution in [3.05, 3.63) is 59.9 Å². The summed E-state index contributed by atoms with van der Waals surface area (Å²) in [4.78, 5) is 7.75. The number of sulfonamides is 1. The molecular formula is C19H18ClN5O4S2. The van der Waals surface area contributed by atoms with Gasteiger partial charge in [-0.2, -0.15) is 0 Å². The summed E-state index contributed by atoms with van der Waals surface area (Å²) in [5.41, 5.74) is 1.12. The minimum Gasteiger partial charge on any atom is -0.495 e. The number of thiocarbonyl (C=S) groups is 1. The minimum absolute atomic E-state index is 0.0116. The first-order valence-electron chi connectivity index (χ1n) is 8.72. The Morgan fingerprint density at radius 2 is 1.65 bits per heavy atom. The summed E-state index contributed by atoms with van der Waals surface area (Å²) in [6.45, 7) is 0. The summed E-state index contributed by atoms with van der Waals surface area (Å²) in [5.74, 6) is 0.922. The second kappa shape index (κ2) is 9.77. The highest BCUT2D eigenvalue weighted by Crippen LogP contribution is 2.35. The van der Waals surface area contributed by atoms with Gasteiger partial charge >= 0.3 is 0 Å². The first kappa shape index (κ1) is 22.5. The Morgan fingerprint density at radius 3 is 2.26 bits per heavy atom. The van der Waals surface area contributed by atoms with Gasteiger partial charge in [-0.05, 0) is 42.5 Å². The average molecular weight is 480 g/mol. The van der Waals surface area contributed by atoms with Gasteiger partial charge in [0.05, 0.1) is 29.8 Å². The van der Waals surface area contributed by atoms with Crippen molar-refractivity contribution >= 4 is 56.3 Å². The van der Waals surface area contributed by atoms with E-state index in [1.165, 1.54) is 38.7 Å². The zero-order valence-electron chi connectivity index (χ0n) is 16.4. The lowest BCUT2D eigenvalue weighted by atomic mass is 10.2. The van der Waals surface area contributed by atoms with Crippen LogP contribution in [0.15, 0.2) is 59.8 Å². The average Bonchev–Trinajstić information content (AvgIpc) is 2.75. The van der Waals surface area contributed by atoms with E-state index in [1.54, 1.807) is 30.3 Å². The predicted molar refractivity (Wildman–Crippen MR) is 124 cm³/mol. The van der Waals surface area contributed by atoms with Crippen LogP contribution in [0.25, 0.3) is 0 Å². The van der Waals surface area contributed by atoms with Gasteiger partial charge in [-0.15, -0.1) is 0 Å². The van der Waals surface area contributed by atoms with Crippen LogP contribution >= 0.6 is 23.8 Å². The van der Waals surface area contributed by atoms with Gasteiger partial charge < -0.3 is 20.1 Å². The monoisotopic (exact) mass is 479 g/mol.